The highest BCUT2D eigenvalue weighted by atomic mass is 16.4. The molecule has 2 heterocycles. The number of aliphatic carboxylic acids is 1. The van der Waals surface area contributed by atoms with Crippen molar-refractivity contribution in [2.45, 2.75) is 57.7 Å². The van der Waals surface area contributed by atoms with Crippen LogP contribution in [0.15, 0.2) is 12.4 Å². The summed E-state index contributed by atoms with van der Waals surface area (Å²) in [6.07, 6.45) is 7.85. The number of nitrogens with one attached hydrogen (secondary N) is 1. The summed E-state index contributed by atoms with van der Waals surface area (Å²) in [5, 5.41) is 16.2. The van der Waals surface area contributed by atoms with E-state index in [0.717, 1.165) is 25.9 Å². The maximum Gasteiger partial charge on any atom is 0.304 e. The zero-order valence-electron chi connectivity index (χ0n) is 14.1. The van der Waals surface area contributed by atoms with Gasteiger partial charge in [0.25, 0.3) is 5.91 Å². The van der Waals surface area contributed by atoms with Crippen LogP contribution in [0.4, 0.5) is 0 Å². The van der Waals surface area contributed by atoms with Crippen LogP contribution in [-0.2, 0) is 11.3 Å². The zero-order valence-corrected chi connectivity index (χ0v) is 14.1. The molecule has 132 valence electrons. The Morgan fingerprint density at radius 3 is 2.67 bits per heavy atom. The van der Waals surface area contributed by atoms with Gasteiger partial charge < -0.3 is 10.4 Å². The maximum absolute atomic E-state index is 12.3. The monoisotopic (exact) mass is 334 g/mol. The lowest BCUT2D eigenvalue weighted by Gasteiger charge is -2.29. The predicted octanol–water partition coefficient (Wildman–Crippen LogP) is 1.35. The number of amides is 1. The van der Waals surface area contributed by atoms with Crippen LogP contribution in [-0.4, -0.2) is 56.8 Å². The zero-order chi connectivity index (χ0) is 17.1. The number of aromatic nitrogens is 2. The van der Waals surface area contributed by atoms with Gasteiger partial charge in [-0.25, -0.2) is 0 Å². The highest BCUT2D eigenvalue weighted by Gasteiger charge is 2.38. The molecule has 0 radical (unpaired) electrons. The van der Waals surface area contributed by atoms with Gasteiger partial charge in [-0.05, 0) is 38.5 Å². The number of rotatable bonds is 8. The standard InChI is InChI=1S/C17H26N4O3/c1-2-20-11-13(8-19-20)17(24)18-9-15-6-5-14(7-16(22)23)21(15)10-12-3-4-12/h8,11-12,14-15H,2-7,9-10H2,1H3,(H,18,24)(H,22,23)/t14-,15+/m1/s1. The van der Waals surface area contributed by atoms with Gasteiger partial charge in [-0.3, -0.25) is 19.2 Å². The second-order valence-corrected chi connectivity index (χ2v) is 6.92. The van der Waals surface area contributed by atoms with Gasteiger partial charge in [-0.2, -0.15) is 5.10 Å². The third kappa shape index (κ3) is 4.14. The topological polar surface area (TPSA) is 87.5 Å². The number of carbonyl (C=O) groups excluding carboxylic acids is 1. The van der Waals surface area contributed by atoms with Crippen molar-refractivity contribution >= 4 is 11.9 Å². The molecule has 0 unspecified atom stereocenters. The summed E-state index contributed by atoms with van der Waals surface area (Å²) in [6, 6.07) is 0.341. The van der Waals surface area contributed by atoms with E-state index >= 15 is 0 Å². The minimum atomic E-state index is -0.738. The fraction of sp³-hybridized carbons (Fsp3) is 0.706. The first-order chi connectivity index (χ1) is 11.6. The van der Waals surface area contributed by atoms with Crippen molar-refractivity contribution in [2.75, 3.05) is 13.1 Å². The first-order valence-corrected chi connectivity index (χ1v) is 8.85. The lowest BCUT2D eigenvalue weighted by atomic mass is 10.1. The Morgan fingerprint density at radius 2 is 2.04 bits per heavy atom. The number of hydrogen-bond acceptors (Lipinski definition) is 4. The van der Waals surface area contributed by atoms with Crippen LogP contribution in [0.2, 0.25) is 0 Å². The van der Waals surface area contributed by atoms with Crippen LogP contribution in [0.5, 0.6) is 0 Å². The van der Waals surface area contributed by atoms with Crippen molar-refractivity contribution in [2.24, 2.45) is 5.92 Å². The van der Waals surface area contributed by atoms with E-state index in [4.69, 9.17) is 5.11 Å². The molecule has 0 spiro atoms. The van der Waals surface area contributed by atoms with E-state index in [1.165, 1.54) is 12.8 Å². The van der Waals surface area contributed by atoms with Gasteiger partial charge in [0.05, 0.1) is 18.2 Å². The summed E-state index contributed by atoms with van der Waals surface area (Å²) in [5.74, 6) is -0.138. The Kier molecular flexibility index (Phi) is 5.18. The lowest BCUT2D eigenvalue weighted by Crippen LogP contribution is -2.44. The lowest BCUT2D eigenvalue weighted by molar-refractivity contribution is -0.138. The predicted molar refractivity (Wildman–Crippen MR) is 88.7 cm³/mol. The van der Waals surface area contributed by atoms with E-state index in [2.05, 4.69) is 15.3 Å². The van der Waals surface area contributed by atoms with Crippen molar-refractivity contribution in [1.82, 2.24) is 20.0 Å². The minimum Gasteiger partial charge on any atom is -0.481 e. The molecule has 2 fully saturated rings. The van der Waals surface area contributed by atoms with Crippen LogP contribution < -0.4 is 5.32 Å². The molecule has 2 aliphatic rings. The summed E-state index contributed by atoms with van der Waals surface area (Å²) < 4.78 is 1.73. The highest BCUT2D eigenvalue weighted by molar-refractivity contribution is 5.93. The summed E-state index contributed by atoms with van der Waals surface area (Å²) in [4.78, 5) is 25.7. The molecule has 0 bridgehead atoms. The molecule has 1 aliphatic heterocycles. The van der Waals surface area contributed by atoms with Crippen LogP contribution in [0.1, 0.15) is 49.4 Å². The molecule has 1 aromatic rings. The van der Waals surface area contributed by atoms with E-state index in [9.17, 15) is 9.59 Å². The third-order valence-electron chi connectivity index (χ3n) is 5.07. The van der Waals surface area contributed by atoms with Crippen molar-refractivity contribution in [1.29, 1.82) is 0 Å². The second-order valence-electron chi connectivity index (χ2n) is 6.92. The highest BCUT2D eigenvalue weighted by Crippen LogP contribution is 2.35. The van der Waals surface area contributed by atoms with E-state index in [1.807, 2.05) is 6.92 Å². The van der Waals surface area contributed by atoms with Crippen molar-refractivity contribution in [3.05, 3.63) is 18.0 Å². The summed E-state index contributed by atoms with van der Waals surface area (Å²) in [7, 11) is 0. The molecule has 3 rings (SSSR count). The molecular weight excluding hydrogens is 308 g/mol. The quantitative estimate of drug-likeness (QED) is 0.749. The van der Waals surface area contributed by atoms with E-state index in [0.29, 0.717) is 18.0 Å². The van der Waals surface area contributed by atoms with Gasteiger partial charge >= 0.3 is 5.97 Å². The molecule has 7 nitrogen and oxygen atoms in total. The average Bonchev–Trinajstić information content (AvgIpc) is 3.11. The van der Waals surface area contributed by atoms with Crippen molar-refractivity contribution < 1.29 is 14.7 Å². The fourth-order valence-electron chi connectivity index (χ4n) is 3.52. The van der Waals surface area contributed by atoms with Gasteiger partial charge in [0.2, 0.25) is 0 Å². The van der Waals surface area contributed by atoms with Gasteiger partial charge in [0, 0.05) is 37.9 Å². The van der Waals surface area contributed by atoms with Gasteiger partial charge in [-0.1, -0.05) is 0 Å². The summed E-state index contributed by atoms with van der Waals surface area (Å²) >= 11 is 0. The van der Waals surface area contributed by atoms with E-state index in [1.54, 1.807) is 17.1 Å². The molecule has 1 amide bonds. The number of hydrogen-bond donors (Lipinski definition) is 2. The number of carboxylic acids is 1. The Hall–Kier alpha value is -1.89. The number of carboxylic acid groups (broad SMARTS) is 1. The number of carbonyl (C=O) groups is 2. The molecular formula is C17H26N4O3. The van der Waals surface area contributed by atoms with Crippen molar-refractivity contribution in [3.63, 3.8) is 0 Å². The Balaban J connectivity index is 1.56. The molecule has 24 heavy (non-hydrogen) atoms. The number of nitrogens with zero attached hydrogens (tertiary/aromatic N) is 3. The molecule has 1 saturated heterocycles. The smallest absolute Gasteiger partial charge is 0.304 e. The first kappa shape index (κ1) is 17.0. The van der Waals surface area contributed by atoms with Crippen LogP contribution in [0.3, 0.4) is 0 Å². The van der Waals surface area contributed by atoms with E-state index in [-0.39, 0.29) is 24.4 Å². The third-order valence-corrected chi connectivity index (χ3v) is 5.07. The molecule has 2 atom stereocenters. The van der Waals surface area contributed by atoms with Gasteiger partial charge in [-0.15, -0.1) is 0 Å². The Labute approximate surface area is 142 Å². The maximum atomic E-state index is 12.3. The van der Waals surface area contributed by atoms with Gasteiger partial charge in [0.1, 0.15) is 0 Å². The Bertz CT molecular complexity index is 596. The average molecular weight is 334 g/mol. The molecule has 0 aromatic carbocycles. The summed E-state index contributed by atoms with van der Waals surface area (Å²) in [5.41, 5.74) is 0.575. The Morgan fingerprint density at radius 1 is 1.29 bits per heavy atom. The molecule has 1 aromatic heterocycles. The van der Waals surface area contributed by atoms with Crippen LogP contribution in [0, 0.1) is 5.92 Å². The van der Waals surface area contributed by atoms with Crippen LogP contribution >= 0.6 is 0 Å². The SMILES string of the molecule is CCn1cc(C(=O)NC[C@@H]2CC[C@H](CC(=O)O)N2CC2CC2)cn1. The number of aryl methyl sites for hydroxylation is 1. The van der Waals surface area contributed by atoms with Crippen LogP contribution in [0.25, 0.3) is 0 Å². The fourth-order valence-corrected chi connectivity index (χ4v) is 3.52. The normalized spacial score (nSPS) is 24.2. The molecule has 7 heteroatoms. The molecule has 1 aliphatic carbocycles. The summed E-state index contributed by atoms with van der Waals surface area (Å²) in [6.45, 7) is 4.25. The van der Waals surface area contributed by atoms with Gasteiger partial charge in [0.15, 0.2) is 0 Å². The first-order valence-electron chi connectivity index (χ1n) is 8.85. The largest absolute Gasteiger partial charge is 0.481 e. The van der Waals surface area contributed by atoms with E-state index < -0.39 is 5.97 Å². The minimum absolute atomic E-state index is 0.104. The second kappa shape index (κ2) is 7.34. The number of likely N-dealkylation sites (tertiary alicyclic amines) is 1. The molecule has 1 saturated carbocycles. The van der Waals surface area contributed by atoms with Crippen molar-refractivity contribution in [3.8, 4) is 0 Å². The molecule has 2 N–H and O–H groups in total.